The molecular formula is C15H23N5O4. The highest BCUT2D eigenvalue weighted by Crippen LogP contribution is 2.09. The second kappa shape index (κ2) is 8.44. The van der Waals surface area contributed by atoms with Gasteiger partial charge in [0.15, 0.2) is 0 Å². The molecule has 1 aromatic heterocycles. The minimum Gasteiger partial charge on any atom is -0.383 e. The summed E-state index contributed by atoms with van der Waals surface area (Å²) in [6.45, 7) is 4.01. The first-order valence-electron chi connectivity index (χ1n) is 7.91. The van der Waals surface area contributed by atoms with E-state index >= 15 is 0 Å². The van der Waals surface area contributed by atoms with Gasteiger partial charge in [-0.05, 0) is 13.0 Å². The third kappa shape index (κ3) is 4.31. The summed E-state index contributed by atoms with van der Waals surface area (Å²) in [4.78, 5) is 39.4. The van der Waals surface area contributed by atoms with Gasteiger partial charge in [0.1, 0.15) is 12.2 Å². The van der Waals surface area contributed by atoms with Gasteiger partial charge in [-0.1, -0.05) is 0 Å². The Morgan fingerprint density at radius 3 is 2.83 bits per heavy atom. The van der Waals surface area contributed by atoms with E-state index in [-0.39, 0.29) is 30.8 Å². The number of carbonyl (C=O) groups is 3. The zero-order chi connectivity index (χ0) is 17.5. The molecule has 0 aliphatic carbocycles. The Hall–Kier alpha value is -2.42. The predicted octanol–water partition coefficient (Wildman–Crippen LogP) is -1.05. The van der Waals surface area contributed by atoms with Crippen LogP contribution in [-0.4, -0.2) is 83.7 Å². The Balaban J connectivity index is 1.87. The molecule has 2 rings (SSSR count). The third-order valence-corrected chi connectivity index (χ3v) is 3.80. The fourth-order valence-electron chi connectivity index (χ4n) is 2.50. The number of aryl methyl sites for hydroxylation is 1. The molecule has 0 radical (unpaired) electrons. The molecule has 9 heteroatoms. The maximum Gasteiger partial charge on any atom is 0.272 e. The van der Waals surface area contributed by atoms with Gasteiger partial charge in [-0.2, -0.15) is 5.10 Å². The predicted molar refractivity (Wildman–Crippen MR) is 85.3 cm³/mol. The molecule has 0 spiro atoms. The van der Waals surface area contributed by atoms with Crippen LogP contribution in [0.4, 0.5) is 0 Å². The maximum atomic E-state index is 12.5. The fourth-order valence-corrected chi connectivity index (χ4v) is 2.50. The number of rotatable bonds is 7. The molecule has 1 aliphatic heterocycles. The molecule has 9 nitrogen and oxygen atoms in total. The molecule has 24 heavy (non-hydrogen) atoms. The highest BCUT2D eigenvalue weighted by atomic mass is 16.5. The molecule has 1 saturated heterocycles. The highest BCUT2D eigenvalue weighted by Gasteiger charge is 2.29. The highest BCUT2D eigenvalue weighted by molar-refractivity contribution is 5.96. The van der Waals surface area contributed by atoms with Gasteiger partial charge in [-0.25, -0.2) is 0 Å². The van der Waals surface area contributed by atoms with E-state index in [4.69, 9.17) is 4.74 Å². The number of nitrogens with one attached hydrogen (secondary N) is 1. The van der Waals surface area contributed by atoms with Gasteiger partial charge >= 0.3 is 0 Å². The van der Waals surface area contributed by atoms with Crippen molar-refractivity contribution in [1.29, 1.82) is 0 Å². The van der Waals surface area contributed by atoms with Crippen molar-refractivity contribution in [3.63, 3.8) is 0 Å². The first-order valence-corrected chi connectivity index (χ1v) is 7.91. The summed E-state index contributed by atoms with van der Waals surface area (Å²) in [6, 6.07) is 1.64. The van der Waals surface area contributed by atoms with Gasteiger partial charge in [0.2, 0.25) is 11.8 Å². The van der Waals surface area contributed by atoms with E-state index in [1.54, 1.807) is 24.1 Å². The van der Waals surface area contributed by atoms with Crippen LogP contribution in [-0.2, 0) is 20.9 Å². The van der Waals surface area contributed by atoms with E-state index in [9.17, 15) is 14.4 Å². The SMILES string of the molecule is CCn1nccc1C(=O)N1CCN(CC(=O)NCCOC)C(=O)C1. The number of amides is 3. The fraction of sp³-hybridized carbons (Fsp3) is 0.600. The van der Waals surface area contributed by atoms with Crippen molar-refractivity contribution in [1.82, 2.24) is 24.9 Å². The van der Waals surface area contributed by atoms with Crippen molar-refractivity contribution in [3.05, 3.63) is 18.0 Å². The van der Waals surface area contributed by atoms with Crippen molar-refractivity contribution < 1.29 is 19.1 Å². The van der Waals surface area contributed by atoms with E-state index < -0.39 is 0 Å². The van der Waals surface area contributed by atoms with Crippen LogP contribution in [0.25, 0.3) is 0 Å². The molecule has 0 unspecified atom stereocenters. The summed E-state index contributed by atoms with van der Waals surface area (Å²) in [7, 11) is 1.55. The van der Waals surface area contributed by atoms with Gasteiger partial charge in [-0.15, -0.1) is 0 Å². The number of piperazine rings is 1. The molecule has 1 fully saturated rings. The largest absolute Gasteiger partial charge is 0.383 e. The minimum absolute atomic E-state index is 0.00251. The van der Waals surface area contributed by atoms with Crippen LogP contribution in [0, 0.1) is 0 Å². The van der Waals surface area contributed by atoms with Gasteiger partial charge in [0.05, 0.1) is 13.2 Å². The number of hydrogen-bond acceptors (Lipinski definition) is 5. The molecule has 0 saturated carbocycles. The average molecular weight is 337 g/mol. The van der Waals surface area contributed by atoms with Crippen molar-refractivity contribution in [2.24, 2.45) is 0 Å². The number of methoxy groups -OCH3 is 1. The van der Waals surface area contributed by atoms with Gasteiger partial charge in [0.25, 0.3) is 5.91 Å². The lowest BCUT2D eigenvalue weighted by Crippen LogP contribution is -2.54. The molecule has 0 bridgehead atoms. The Labute approximate surface area is 140 Å². The average Bonchev–Trinajstić information content (AvgIpc) is 3.05. The Bertz CT molecular complexity index is 600. The summed E-state index contributed by atoms with van der Waals surface area (Å²) >= 11 is 0. The lowest BCUT2D eigenvalue weighted by molar-refractivity contribution is -0.139. The van der Waals surface area contributed by atoms with Crippen molar-refractivity contribution >= 4 is 17.7 Å². The van der Waals surface area contributed by atoms with Crippen LogP contribution in [0.5, 0.6) is 0 Å². The second-order valence-electron chi connectivity index (χ2n) is 5.42. The minimum atomic E-state index is -0.237. The van der Waals surface area contributed by atoms with Crippen LogP contribution in [0.1, 0.15) is 17.4 Å². The number of nitrogens with zero attached hydrogens (tertiary/aromatic N) is 4. The van der Waals surface area contributed by atoms with E-state index in [1.807, 2.05) is 6.92 Å². The Morgan fingerprint density at radius 1 is 1.38 bits per heavy atom. The van der Waals surface area contributed by atoms with E-state index in [1.165, 1.54) is 9.80 Å². The molecular weight excluding hydrogens is 314 g/mol. The van der Waals surface area contributed by atoms with Crippen LogP contribution in [0.3, 0.4) is 0 Å². The normalized spacial score (nSPS) is 14.8. The first kappa shape index (κ1) is 17.9. The summed E-state index contributed by atoms with van der Waals surface area (Å²) in [5, 5.41) is 6.74. The summed E-state index contributed by atoms with van der Waals surface area (Å²) < 4.78 is 6.45. The lowest BCUT2D eigenvalue weighted by atomic mass is 10.2. The van der Waals surface area contributed by atoms with Crippen LogP contribution >= 0.6 is 0 Å². The molecule has 3 amide bonds. The van der Waals surface area contributed by atoms with Gasteiger partial charge in [-0.3, -0.25) is 19.1 Å². The Kier molecular flexibility index (Phi) is 6.30. The molecule has 1 N–H and O–H groups in total. The summed E-state index contributed by atoms with van der Waals surface area (Å²) in [5.41, 5.74) is 0.469. The monoisotopic (exact) mass is 337 g/mol. The van der Waals surface area contributed by atoms with Crippen molar-refractivity contribution in [2.75, 3.05) is 46.4 Å². The quantitative estimate of drug-likeness (QED) is 0.641. The van der Waals surface area contributed by atoms with Crippen LogP contribution < -0.4 is 5.32 Å². The molecule has 132 valence electrons. The topological polar surface area (TPSA) is 96.8 Å². The Morgan fingerprint density at radius 2 is 2.17 bits per heavy atom. The molecule has 1 aromatic rings. The zero-order valence-electron chi connectivity index (χ0n) is 14.0. The summed E-state index contributed by atoms with van der Waals surface area (Å²) in [5.74, 6) is -0.685. The molecule has 0 aromatic carbocycles. The molecule has 2 heterocycles. The van der Waals surface area contributed by atoms with Gasteiger partial charge in [0, 0.05) is 39.5 Å². The first-order chi connectivity index (χ1) is 11.6. The van der Waals surface area contributed by atoms with E-state index in [2.05, 4.69) is 10.4 Å². The zero-order valence-corrected chi connectivity index (χ0v) is 14.0. The number of carbonyl (C=O) groups excluding carboxylic acids is 3. The van der Waals surface area contributed by atoms with Crippen LogP contribution in [0.15, 0.2) is 12.3 Å². The molecule has 0 atom stereocenters. The van der Waals surface area contributed by atoms with Gasteiger partial charge < -0.3 is 19.9 Å². The van der Waals surface area contributed by atoms with E-state index in [0.29, 0.717) is 38.5 Å². The number of hydrogen-bond donors (Lipinski definition) is 1. The smallest absolute Gasteiger partial charge is 0.272 e. The second-order valence-corrected chi connectivity index (χ2v) is 5.42. The number of aromatic nitrogens is 2. The van der Waals surface area contributed by atoms with E-state index in [0.717, 1.165) is 0 Å². The molecule has 1 aliphatic rings. The maximum absolute atomic E-state index is 12.5. The number of ether oxygens (including phenoxy) is 1. The third-order valence-electron chi connectivity index (χ3n) is 3.80. The van der Waals surface area contributed by atoms with Crippen LogP contribution in [0.2, 0.25) is 0 Å². The lowest BCUT2D eigenvalue weighted by Gasteiger charge is -2.33. The van der Waals surface area contributed by atoms with Crippen molar-refractivity contribution in [3.8, 4) is 0 Å². The summed E-state index contributed by atoms with van der Waals surface area (Å²) in [6.07, 6.45) is 1.57. The van der Waals surface area contributed by atoms with Crippen molar-refractivity contribution in [2.45, 2.75) is 13.5 Å². The standard InChI is InChI=1S/C15H23N5O4/c1-3-20-12(4-5-17-20)15(23)19-8-7-18(14(22)11-19)10-13(21)16-6-9-24-2/h4-5H,3,6-11H2,1-2H3,(H,16,21).